The van der Waals surface area contributed by atoms with Gasteiger partial charge >= 0.3 is 12.1 Å². The van der Waals surface area contributed by atoms with Crippen LogP contribution in [-0.4, -0.2) is 29.2 Å². The summed E-state index contributed by atoms with van der Waals surface area (Å²) in [4.78, 5) is 30.6. The molecule has 1 aromatic heterocycles. The van der Waals surface area contributed by atoms with Crippen molar-refractivity contribution in [1.82, 2.24) is 9.97 Å². The second-order valence-electron chi connectivity index (χ2n) is 6.59. The van der Waals surface area contributed by atoms with Gasteiger partial charge in [0.25, 0.3) is 0 Å². The Kier molecular flexibility index (Phi) is 5.84. The van der Waals surface area contributed by atoms with E-state index in [0.29, 0.717) is 28.4 Å². The molecule has 0 radical (unpaired) electrons. The Morgan fingerprint density at radius 1 is 0.875 bits per heavy atom. The van der Waals surface area contributed by atoms with Crippen molar-refractivity contribution >= 4 is 40.5 Å². The third-order valence-corrected chi connectivity index (χ3v) is 4.31. The molecule has 0 unspecified atom stereocenters. The average Bonchev–Trinajstić information content (AvgIpc) is 3.18. The normalized spacial score (nSPS) is 10.4. The van der Waals surface area contributed by atoms with Crippen LogP contribution in [0.5, 0.6) is 11.5 Å². The van der Waals surface area contributed by atoms with Crippen LogP contribution in [0, 0.1) is 5.82 Å². The van der Waals surface area contributed by atoms with Crippen LogP contribution in [0.3, 0.4) is 0 Å². The zero-order chi connectivity index (χ0) is 22.5. The smallest absolute Gasteiger partial charge is 0.413 e. The van der Waals surface area contributed by atoms with Crippen molar-refractivity contribution in [1.29, 1.82) is 0 Å². The standard InChI is InChI=1S/C22H18FN5O4/c1-31-22(30)28-20-26-18-11-10-17(12-19(18)27-20)32-16-8-6-15(7-9-16)25-21(29)24-14-4-2-13(23)3-5-14/h2-12H,1H3,(H2,24,25,29)(H2,26,27,28,30). The SMILES string of the molecule is COC(=O)Nc1nc2cc(Oc3ccc(NC(=O)Nc4ccc(F)cc4)cc3)ccc2[nH]1. The van der Waals surface area contributed by atoms with Gasteiger partial charge in [-0.3, -0.25) is 5.32 Å². The van der Waals surface area contributed by atoms with E-state index < -0.39 is 12.1 Å². The molecule has 0 aliphatic rings. The average molecular weight is 435 g/mol. The van der Waals surface area contributed by atoms with Gasteiger partial charge in [0.15, 0.2) is 0 Å². The minimum atomic E-state index is -0.624. The maximum absolute atomic E-state index is 12.9. The van der Waals surface area contributed by atoms with Crippen LogP contribution in [0.1, 0.15) is 0 Å². The predicted molar refractivity (Wildman–Crippen MR) is 118 cm³/mol. The molecule has 0 atom stereocenters. The highest BCUT2D eigenvalue weighted by atomic mass is 19.1. The lowest BCUT2D eigenvalue weighted by atomic mass is 10.3. The molecule has 3 aromatic carbocycles. The van der Waals surface area contributed by atoms with E-state index >= 15 is 0 Å². The molecule has 162 valence electrons. The van der Waals surface area contributed by atoms with Gasteiger partial charge in [-0.2, -0.15) is 0 Å². The van der Waals surface area contributed by atoms with Gasteiger partial charge in [-0.25, -0.2) is 19.0 Å². The van der Waals surface area contributed by atoms with Crippen molar-refractivity contribution in [2.45, 2.75) is 0 Å². The summed E-state index contributed by atoms with van der Waals surface area (Å²) >= 11 is 0. The summed E-state index contributed by atoms with van der Waals surface area (Å²) in [5, 5.41) is 7.76. The Labute approximate surface area is 181 Å². The number of rotatable bonds is 5. The first-order valence-corrected chi connectivity index (χ1v) is 9.45. The number of amides is 3. The second kappa shape index (κ2) is 9.04. The van der Waals surface area contributed by atoms with Crippen LogP contribution in [0.25, 0.3) is 11.0 Å². The Hall–Kier alpha value is -4.60. The summed E-state index contributed by atoms with van der Waals surface area (Å²) in [6.07, 6.45) is -0.624. The van der Waals surface area contributed by atoms with E-state index in [1.807, 2.05) is 0 Å². The fraction of sp³-hybridized carbons (Fsp3) is 0.0455. The van der Waals surface area contributed by atoms with E-state index in [1.54, 1.807) is 42.5 Å². The lowest BCUT2D eigenvalue weighted by Crippen LogP contribution is -2.19. The number of aromatic nitrogens is 2. The molecule has 0 fully saturated rings. The minimum absolute atomic E-state index is 0.262. The number of carbonyl (C=O) groups is 2. The minimum Gasteiger partial charge on any atom is -0.457 e. The van der Waals surface area contributed by atoms with Gasteiger partial charge in [-0.15, -0.1) is 0 Å². The molecule has 0 aliphatic heterocycles. The van der Waals surface area contributed by atoms with Crippen molar-refractivity contribution in [3.05, 3.63) is 72.5 Å². The fourth-order valence-corrected chi connectivity index (χ4v) is 2.83. The van der Waals surface area contributed by atoms with Crippen LogP contribution in [0.15, 0.2) is 66.7 Å². The molecule has 10 heteroatoms. The quantitative estimate of drug-likeness (QED) is 0.339. The number of nitrogens with zero attached hydrogens (tertiary/aromatic N) is 1. The number of benzene rings is 3. The number of fused-ring (bicyclic) bond motifs is 1. The molecular weight excluding hydrogens is 417 g/mol. The lowest BCUT2D eigenvalue weighted by molar-refractivity contribution is 0.186. The maximum atomic E-state index is 12.9. The van der Waals surface area contributed by atoms with Gasteiger partial charge in [-0.1, -0.05) is 0 Å². The molecule has 32 heavy (non-hydrogen) atoms. The summed E-state index contributed by atoms with van der Waals surface area (Å²) in [6.45, 7) is 0. The molecule has 1 heterocycles. The number of anilines is 3. The van der Waals surface area contributed by atoms with Crippen molar-refractivity contribution in [2.24, 2.45) is 0 Å². The predicted octanol–water partition coefficient (Wildman–Crippen LogP) is 5.32. The number of hydrogen-bond acceptors (Lipinski definition) is 5. The van der Waals surface area contributed by atoms with Crippen LogP contribution in [0.2, 0.25) is 0 Å². The van der Waals surface area contributed by atoms with E-state index in [0.717, 1.165) is 5.52 Å². The molecule has 4 aromatic rings. The van der Waals surface area contributed by atoms with E-state index in [-0.39, 0.29) is 11.8 Å². The molecular formula is C22H18FN5O4. The van der Waals surface area contributed by atoms with Gasteiger partial charge < -0.3 is 25.1 Å². The van der Waals surface area contributed by atoms with Crippen molar-refractivity contribution in [3.63, 3.8) is 0 Å². The molecule has 0 spiro atoms. The Morgan fingerprint density at radius 3 is 2.16 bits per heavy atom. The highest BCUT2D eigenvalue weighted by Gasteiger charge is 2.08. The number of ether oxygens (including phenoxy) is 2. The number of nitrogens with one attached hydrogen (secondary N) is 4. The van der Waals surface area contributed by atoms with E-state index in [2.05, 4.69) is 30.7 Å². The van der Waals surface area contributed by atoms with Crippen molar-refractivity contribution in [2.75, 3.05) is 23.1 Å². The van der Waals surface area contributed by atoms with Gasteiger partial charge in [-0.05, 0) is 60.7 Å². The molecule has 4 rings (SSSR count). The van der Waals surface area contributed by atoms with Crippen LogP contribution >= 0.6 is 0 Å². The Balaban J connectivity index is 1.37. The number of H-pyrrole nitrogens is 1. The topological polar surface area (TPSA) is 117 Å². The van der Waals surface area contributed by atoms with Gasteiger partial charge in [0, 0.05) is 17.4 Å². The maximum Gasteiger partial charge on any atom is 0.413 e. The summed E-state index contributed by atoms with van der Waals surface area (Å²) in [6, 6.07) is 17.0. The van der Waals surface area contributed by atoms with Gasteiger partial charge in [0.2, 0.25) is 5.95 Å². The second-order valence-corrected chi connectivity index (χ2v) is 6.59. The van der Waals surface area contributed by atoms with Crippen LogP contribution in [0.4, 0.5) is 31.3 Å². The summed E-state index contributed by atoms with van der Waals surface area (Å²) in [7, 11) is 1.27. The molecule has 9 nitrogen and oxygen atoms in total. The molecule has 4 N–H and O–H groups in total. The molecule has 0 saturated heterocycles. The van der Waals surface area contributed by atoms with E-state index in [9.17, 15) is 14.0 Å². The monoisotopic (exact) mass is 435 g/mol. The van der Waals surface area contributed by atoms with Crippen molar-refractivity contribution in [3.8, 4) is 11.5 Å². The Morgan fingerprint density at radius 2 is 1.50 bits per heavy atom. The molecule has 0 bridgehead atoms. The third-order valence-electron chi connectivity index (χ3n) is 4.31. The van der Waals surface area contributed by atoms with Crippen LogP contribution < -0.4 is 20.7 Å². The molecule has 0 saturated carbocycles. The molecule has 3 amide bonds. The van der Waals surface area contributed by atoms with E-state index in [1.165, 1.54) is 31.4 Å². The van der Waals surface area contributed by atoms with E-state index in [4.69, 9.17) is 4.74 Å². The number of aromatic amines is 1. The highest BCUT2D eigenvalue weighted by molar-refractivity contribution is 5.99. The number of halogens is 1. The largest absolute Gasteiger partial charge is 0.457 e. The zero-order valence-corrected chi connectivity index (χ0v) is 16.8. The fourth-order valence-electron chi connectivity index (χ4n) is 2.83. The van der Waals surface area contributed by atoms with Crippen LogP contribution in [-0.2, 0) is 4.74 Å². The van der Waals surface area contributed by atoms with Gasteiger partial charge in [0.05, 0.1) is 18.1 Å². The number of urea groups is 1. The lowest BCUT2D eigenvalue weighted by Gasteiger charge is -2.09. The molecule has 0 aliphatic carbocycles. The summed E-state index contributed by atoms with van der Waals surface area (Å²) < 4.78 is 23.3. The zero-order valence-electron chi connectivity index (χ0n) is 16.8. The summed E-state index contributed by atoms with van der Waals surface area (Å²) in [5.74, 6) is 0.982. The van der Waals surface area contributed by atoms with Crippen molar-refractivity contribution < 1.29 is 23.5 Å². The Bertz CT molecular complexity index is 1260. The first kappa shape index (κ1) is 20.7. The summed E-state index contributed by atoms with van der Waals surface area (Å²) in [5.41, 5.74) is 2.35. The number of methoxy groups -OCH3 is 1. The number of hydrogen-bond donors (Lipinski definition) is 4. The highest BCUT2D eigenvalue weighted by Crippen LogP contribution is 2.26. The third kappa shape index (κ3) is 5.11. The number of imidazole rings is 1. The first-order valence-electron chi connectivity index (χ1n) is 9.45. The van der Waals surface area contributed by atoms with Gasteiger partial charge in [0.1, 0.15) is 17.3 Å². The first-order chi connectivity index (χ1) is 15.5. The number of carbonyl (C=O) groups excluding carboxylic acids is 2.